The van der Waals surface area contributed by atoms with E-state index in [1.165, 1.54) is 182 Å². The molecule has 0 amide bonds. The molecule has 11 aromatic rings. The van der Waals surface area contributed by atoms with Gasteiger partial charge in [-0.25, -0.2) is 0 Å². The number of hydrogen-bond donors (Lipinski definition) is 0. The second-order valence-corrected chi connectivity index (χ2v) is 24.7. The van der Waals surface area contributed by atoms with Crippen LogP contribution in [-0.4, -0.2) is 4.57 Å². The SMILES string of the molecule is CCCCCCCCCCC1(CCCCCCCCCC)c2cc(C)ccc2-c2ccc(-c3ccc(N(c4ccc(C)cc4)c4ccc(-c5ccc6c7ccccc7n(-c7ccc(N(c8ccccc8)c8ccccc8)cc7)c6c5)cc4)cc3)cc21. The Labute approximate surface area is 514 Å². The van der Waals surface area contributed by atoms with E-state index in [1.807, 2.05) is 0 Å². The molecular weight excluding hydrogens is 1040 g/mol. The first-order chi connectivity index (χ1) is 42.4. The number of anilines is 6. The van der Waals surface area contributed by atoms with E-state index in [0.29, 0.717) is 0 Å². The number of hydrogen-bond acceptors (Lipinski definition) is 2. The summed E-state index contributed by atoms with van der Waals surface area (Å²) in [5, 5.41) is 2.49. The van der Waals surface area contributed by atoms with Crippen LogP contribution in [0.15, 0.2) is 237 Å². The molecule has 1 heterocycles. The van der Waals surface area contributed by atoms with Crippen LogP contribution in [0.5, 0.6) is 0 Å². The van der Waals surface area contributed by atoms with Crippen molar-refractivity contribution in [3.63, 3.8) is 0 Å². The minimum absolute atomic E-state index is 0.0385. The lowest BCUT2D eigenvalue weighted by Crippen LogP contribution is -2.25. The molecule has 0 aliphatic heterocycles. The molecule has 3 nitrogen and oxygen atoms in total. The minimum atomic E-state index is 0.0385. The van der Waals surface area contributed by atoms with Gasteiger partial charge >= 0.3 is 0 Å². The second kappa shape index (κ2) is 27.3. The molecule has 0 saturated heterocycles. The van der Waals surface area contributed by atoms with E-state index in [2.05, 4.69) is 279 Å². The normalized spacial score (nSPS) is 12.4. The highest BCUT2D eigenvalue weighted by Gasteiger charge is 2.42. The maximum Gasteiger partial charge on any atom is 0.0547 e. The number of fused-ring (bicyclic) bond motifs is 6. The van der Waals surface area contributed by atoms with Crippen LogP contribution in [-0.2, 0) is 5.41 Å². The Balaban J connectivity index is 0.837. The van der Waals surface area contributed by atoms with Crippen LogP contribution < -0.4 is 9.80 Å². The maximum atomic E-state index is 2.62. The molecule has 0 bridgehead atoms. The fourth-order valence-electron chi connectivity index (χ4n) is 14.1. The van der Waals surface area contributed by atoms with E-state index in [9.17, 15) is 0 Å². The third-order valence-corrected chi connectivity index (χ3v) is 18.7. The van der Waals surface area contributed by atoms with Crippen molar-refractivity contribution in [3.05, 3.63) is 259 Å². The largest absolute Gasteiger partial charge is 0.311 e. The number of aromatic nitrogens is 1. The first kappa shape index (κ1) is 58.0. The number of unbranched alkanes of at least 4 members (excludes halogenated alkanes) is 14. The molecule has 0 spiro atoms. The lowest BCUT2D eigenvalue weighted by molar-refractivity contribution is 0.397. The van der Waals surface area contributed by atoms with E-state index >= 15 is 0 Å². The van der Waals surface area contributed by atoms with Gasteiger partial charge in [-0.2, -0.15) is 0 Å². The summed E-state index contributed by atoms with van der Waals surface area (Å²) in [5.41, 5.74) is 24.0. The highest BCUT2D eigenvalue weighted by molar-refractivity contribution is 6.10. The molecule has 3 heteroatoms. The molecule has 434 valence electrons. The fourth-order valence-corrected chi connectivity index (χ4v) is 14.1. The summed E-state index contributed by atoms with van der Waals surface area (Å²) in [6.07, 6.45) is 24.0. The quantitative estimate of drug-likeness (QED) is 0.0476. The summed E-state index contributed by atoms with van der Waals surface area (Å²) in [5.74, 6) is 0. The van der Waals surface area contributed by atoms with E-state index in [-0.39, 0.29) is 5.41 Å². The molecule has 1 aromatic heterocycles. The number of rotatable bonds is 27. The molecule has 0 radical (unpaired) electrons. The van der Waals surface area contributed by atoms with Gasteiger partial charge in [-0.3, -0.25) is 0 Å². The van der Waals surface area contributed by atoms with Crippen LogP contribution in [0.1, 0.15) is 152 Å². The predicted molar refractivity (Wildman–Crippen MR) is 371 cm³/mol. The van der Waals surface area contributed by atoms with Crippen LogP contribution in [0, 0.1) is 13.8 Å². The molecule has 86 heavy (non-hydrogen) atoms. The molecule has 0 atom stereocenters. The van der Waals surface area contributed by atoms with Gasteiger partial charge < -0.3 is 14.4 Å². The first-order valence-electron chi connectivity index (χ1n) is 32.8. The Bertz CT molecular complexity index is 3910. The number of aryl methyl sites for hydroxylation is 2. The van der Waals surface area contributed by atoms with Crippen molar-refractivity contribution in [1.82, 2.24) is 4.57 Å². The van der Waals surface area contributed by atoms with Crippen molar-refractivity contribution >= 4 is 55.9 Å². The standard InChI is InChI=1S/C83H87N3/c1-5-7-9-11-13-15-17-27-57-83(58-28-18-16-14-12-10-8-6-2)79-59-63(4)37-54-75(79)76-55-42-66(60-80(76)83)64-38-46-71(47-39-64)85(70-44-35-62(3)36-45-70)72-48-40-65(41-49-72)67-43-56-78-77-33-25-26-34-81(77)86(82(78)61-67)74-52-50-73(51-53-74)84(68-29-21-19-22-30-68)69-31-23-20-24-32-69/h19-26,29-56,59-61H,5-18,27-28,57-58H2,1-4H3. The predicted octanol–water partition coefficient (Wildman–Crippen LogP) is 25.0. The lowest BCUT2D eigenvalue weighted by atomic mass is 9.70. The van der Waals surface area contributed by atoms with Crippen LogP contribution in [0.25, 0.3) is 60.9 Å². The monoisotopic (exact) mass is 1130 g/mol. The van der Waals surface area contributed by atoms with Crippen molar-refractivity contribution < 1.29 is 0 Å². The summed E-state index contributed by atoms with van der Waals surface area (Å²) in [4.78, 5) is 4.73. The van der Waals surface area contributed by atoms with Gasteiger partial charge in [0.05, 0.1) is 11.0 Å². The molecule has 10 aromatic carbocycles. The Kier molecular flexibility index (Phi) is 18.4. The van der Waals surface area contributed by atoms with Gasteiger partial charge in [0, 0.05) is 56.0 Å². The van der Waals surface area contributed by atoms with Crippen molar-refractivity contribution in [2.75, 3.05) is 9.80 Å². The molecular formula is C83H87N3. The molecule has 0 unspecified atom stereocenters. The first-order valence-corrected chi connectivity index (χ1v) is 32.8. The molecule has 0 saturated carbocycles. The molecule has 1 aliphatic rings. The number of benzene rings is 10. The van der Waals surface area contributed by atoms with Crippen LogP contribution in [0.3, 0.4) is 0 Å². The number of para-hydroxylation sites is 3. The Hall–Kier alpha value is -8.40. The second-order valence-electron chi connectivity index (χ2n) is 24.7. The van der Waals surface area contributed by atoms with Gasteiger partial charge in [0.25, 0.3) is 0 Å². The van der Waals surface area contributed by atoms with E-state index in [0.717, 1.165) is 39.8 Å². The summed E-state index contributed by atoms with van der Waals surface area (Å²) in [7, 11) is 0. The average molecular weight is 1130 g/mol. The summed E-state index contributed by atoms with van der Waals surface area (Å²) >= 11 is 0. The van der Waals surface area contributed by atoms with E-state index < -0.39 is 0 Å². The topological polar surface area (TPSA) is 11.4 Å². The highest BCUT2D eigenvalue weighted by atomic mass is 15.1. The third kappa shape index (κ3) is 12.5. The van der Waals surface area contributed by atoms with Gasteiger partial charge in [0.2, 0.25) is 0 Å². The summed E-state index contributed by atoms with van der Waals surface area (Å²) < 4.78 is 2.43. The Morgan fingerprint density at radius 2 is 0.686 bits per heavy atom. The summed E-state index contributed by atoms with van der Waals surface area (Å²) in [6, 6.07) is 88.5. The molecule has 1 aliphatic carbocycles. The maximum absolute atomic E-state index is 2.62. The van der Waals surface area contributed by atoms with Crippen LogP contribution in [0.4, 0.5) is 34.1 Å². The van der Waals surface area contributed by atoms with E-state index in [4.69, 9.17) is 0 Å². The smallest absolute Gasteiger partial charge is 0.0547 e. The Morgan fingerprint density at radius 3 is 1.22 bits per heavy atom. The minimum Gasteiger partial charge on any atom is -0.311 e. The molecule has 12 rings (SSSR count). The molecule has 0 N–H and O–H groups in total. The Morgan fingerprint density at radius 1 is 0.302 bits per heavy atom. The van der Waals surface area contributed by atoms with Gasteiger partial charge in [-0.1, -0.05) is 261 Å². The van der Waals surface area contributed by atoms with Crippen LogP contribution >= 0.6 is 0 Å². The van der Waals surface area contributed by atoms with Gasteiger partial charge in [-0.15, -0.1) is 0 Å². The van der Waals surface area contributed by atoms with Gasteiger partial charge in [0.1, 0.15) is 0 Å². The average Bonchev–Trinajstić information content (AvgIpc) is 1.75. The van der Waals surface area contributed by atoms with Gasteiger partial charge in [-0.05, 0) is 174 Å². The van der Waals surface area contributed by atoms with Crippen molar-refractivity contribution in [2.45, 2.75) is 149 Å². The molecule has 0 fully saturated rings. The fraction of sp³-hybridized carbons (Fsp3) is 0.277. The third-order valence-electron chi connectivity index (χ3n) is 18.7. The van der Waals surface area contributed by atoms with E-state index in [1.54, 1.807) is 11.1 Å². The highest BCUT2D eigenvalue weighted by Crippen LogP contribution is 2.55. The van der Waals surface area contributed by atoms with Crippen molar-refractivity contribution in [3.8, 4) is 39.1 Å². The summed E-state index contributed by atoms with van der Waals surface area (Å²) in [6.45, 7) is 9.12. The zero-order valence-electron chi connectivity index (χ0n) is 51.6. The van der Waals surface area contributed by atoms with Crippen molar-refractivity contribution in [2.24, 2.45) is 0 Å². The number of nitrogens with zero attached hydrogens (tertiary/aromatic N) is 3. The van der Waals surface area contributed by atoms with Crippen LogP contribution in [0.2, 0.25) is 0 Å². The zero-order chi connectivity index (χ0) is 58.7. The lowest BCUT2D eigenvalue weighted by Gasteiger charge is -2.33. The zero-order valence-corrected chi connectivity index (χ0v) is 51.6. The van der Waals surface area contributed by atoms with Crippen molar-refractivity contribution in [1.29, 1.82) is 0 Å². The van der Waals surface area contributed by atoms with Gasteiger partial charge in [0.15, 0.2) is 0 Å².